The average Bonchev–Trinajstić information content (AvgIpc) is 3.35. The zero-order chi connectivity index (χ0) is 14.8. The molecule has 0 unspecified atom stereocenters. The Kier molecular flexibility index (Phi) is 3.53. The lowest BCUT2D eigenvalue weighted by molar-refractivity contribution is 0.0967. The molecule has 0 aliphatic heterocycles. The van der Waals surface area contributed by atoms with E-state index in [9.17, 15) is 14.4 Å². The molecule has 0 radical (unpaired) electrons. The predicted molar refractivity (Wildman–Crippen MR) is 77.4 cm³/mol. The quantitative estimate of drug-likeness (QED) is 0.791. The third-order valence-corrected chi connectivity index (χ3v) is 3.81. The molecular formula is C18H14FNO. The van der Waals surface area contributed by atoms with Crippen molar-refractivity contribution < 1.29 is 9.18 Å². The second kappa shape index (κ2) is 5.49. The molecule has 2 nitrogen and oxygen atoms in total. The largest absolute Gasteiger partial charge is 0.294 e. The molecule has 3 rings (SSSR count). The van der Waals surface area contributed by atoms with Gasteiger partial charge >= 0.3 is 0 Å². The van der Waals surface area contributed by atoms with E-state index >= 15 is 0 Å². The van der Waals surface area contributed by atoms with Crippen LogP contribution in [0.15, 0.2) is 48.5 Å². The van der Waals surface area contributed by atoms with Crippen LogP contribution in [0.2, 0.25) is 0 Å². The van der Waals surface area contributed by atoms with E-state index < -0.39 is 5.92 Å². The number of rotatable bonds is 4. The van der Waals surface area contributed by atoms with E-state index in [-0.39, 0.29) is 17.5 Å². The summed E-state index contributed by atoms with van der Waals surface area (Å²) in [4.78, 5) is 12.0. The van der Waals surface area contributed by atoms with Crippen LogP contribution in [0.3, 0.4) is 0 Å². The van der Waals surface area contributed by atoms with E-state index in [4.69, 9.17) is 0 Å². The highest BCUT2D eigenvalue weighted by Gasteiger charge is 2.30. The molecule has 21 heavy (non-hydrogen) atoms. The Morgan fingerprint density at radius 2 is 1.57 bits per heavy atom. The molecule has 0 heterocycles. The van der Waals surface area contributed by atoms with Gasteiger partial charge in [0, 0.05) is 11.5 Å². The first kappa shape index (κ1) is 13.5. The maximum Gasteiger partial charge on any atom is 0.165 e. The van der Waals surface area contributed by atoms with Crippen molar-refractivity contribution in [1.82, 2.24) is 0 Å². The Morgan fingerprint density at radius 3 is 2.05 bits per heavy atom. The summed E-state index contributed by atoms with van der Waals surface area (Å²) in [5.74, 6) is -0.381. The summed E-state index contributed by atoms with van der Waals surface area (Å²) in [7, 11) is 0. The number of carbonyl (C=O) groups is 1. The van der Waals surface area contributed by atoms with Gasteiger partial charge in [-0.2, -0.15) is 5.26 Å². The zero-order valence-electron chi connectivity index (χ0n) is 11.4. The molecule has 0 aromatic heterocycles. The van der Waals surface area contributed by atoms with Crippen LogP contribution in [-0.4, -0.2) is 5.78 Å². The first-order chi connectivity index (χ1) is 10.2. The van der Waals surface area contributed by atoms with Gasteiger partial charge in [-0.1, -0.05) is 36.4 Å². The lowest BCUT2D eigenvalue weighted by Gasteiger charge is -2.10. The molecule has 1 aliphatic carbocycles. The third-order valence-electron chi connectivity index (χ3n) is 3.81. The first-order valence-electron chi connectivity index (χ1n) is 6.98. The van der Waals surface area contributed by atoms with Crippen LogP contribution in [0, 0.1) is 23.1 Å². The summed E-state index contributed by atoms with van der Waals surface area (Å²) in [5.41, 5.74) is 2.27. The first-order valence-corrected chi connectivity index (χ1v) is 6.98. The summed E-state index contributed by atoms with van der Waals surface area (Å²) < 4.78 is 13.0. The number of Topliss-reactive ketones (excluding diaryl/α,β-unsaturated/α-hetero) is 1. The highest BCUT2D eigenvalue weighted by Crippen LogP contribution is 2.33. The van der Waals surface area contributed by atoms with Gasteiger partial charge in [0.05, 0.1) is 12.0 Å². The summed E-state index contributed by atoms with van der Waals surface area (Å²) in [5, 5.41) is 9.37. The smallest absolute Gasteiger partial charge is 0.165 e. The fourth-order valence-corrected chi connectivity index (χ4v) is 2.42. The standard InChI is InChI=1S/C18H14FNO/c19-16-9-7-13(8-10-16)17(11-20)12-1-3-14(4-2-12)18(21)15-5-6-15/h1-4,7-10,15,17H,5-6H2/t17-/m0/s1. The average molecular weight is 279 g/mol. The minimum Gasteiger partial charge on any atom is -0.294 e. The molecule has 3 heteroatoms. The highest BCUT2D eigenvalue weighted by molar-refractivity contribution is 5.99. The summed E-state index contributed by atoms with van der Waals surface area (Å²) >= 11 is 0. The van der Waals surface area contributed by atoms with Crippen LogP contribution >= 0.6 is 0 Å². The maximum atomic E-state index is 13.0. The molecule has 104 valence electrons. The van der Waals surface area contributed by atoms with Crippen LogP contribution in [0.25, 0.3) is 0 Å². The van der Waals surface area contributed by atoms with Gasteiger partial charge in [-0.25, -0.2) is 4.39 Å². The summed E-state index contributed by atoms with van der Waals surface area (Å²) in [6.07, 6.45) is 1.97. The number of nitrogens with zero attached hydrogens (tertiary/aromatic N) is 1. The Morgan fingerprint density at radius 1 is 1.05 bits per heavy atom. The maximum absolute atomic E-state index is 13.0. The van der Waals surface area contributed by atoms with Gasteiger partial charge in [-0.3, -0.25) is 4.79 Å². The van der Waals surface area contributed by atoms with Crippen LogP contribution in [0.5, 0.6) is 0 Å². The van der Waals surface area contributed by atoms with Gasteiger partial charge in [-0.15, -0.1) is 0 Å². The lowest BCUT2D eigenvalue weighted by Crippen LogP contribution is -2.03. The number of nitriles is 1. The fourth-order valence-electron chi connectivity index (χ4n) is 2.42. The molecule has 0 spiro atoms. The molecule has 2 aromatic carbocycles. The Hall–Kier alpha value is -2.47. The second-order valence-electron chi connectivity index (χ2n) is 5.37. The minimum atomic E-state index is -0.448. The molecule has 0 amide bonds. The SMILES string of the molecule is N#C[C@H](c1ccc(F)cc1)c1ccc(C(=O)C2CC2)cc1. The van der Waals surface area contributed by atoms with Gasteiger partial charge in [-0.05, 0) is 36.1 Å². The molecule has 1 aliphatic rings. The fraction of sp³-hybridized carbons (Fsp3) is 0.222. The number of carbonyl (C=O) groups excluding carboxylic acids is 1. The number of hydrogen-bond donors (Lipinski definition) is 0. The van der Waals surface area contributed by atoms with E-state index in [1.165, 1.54) is 12.1 Å². The molecule has 0 saturated heterocycles. The van der Waals surface area contributed by atoms with Gasteiger partial charge in [0.2, 0.25) is 0 Å². The molecule has 0 bridgehead atoms. The number of ketones is 1. The zero-order valence-corrected chi connectivity index (χ0v) is 11.4. The molecular weight excluding hydrogens is 265 g/mol. The second-order valence-corrected chi connectivity index (χ2v) is 5.37. The van der Waals surface area contributed by atoms with E-state index in [1.807, 2.05) is 12.1 Å². The van der Waals surface area contributed by atoms with Gasteiger partial charge in [0.15, 0.2) is 5.78 Å². The minimum absolute atomic E-state index is 0.192. The highest BCUT2D eigenvalue weighted by atomic mass is 19.1. The van der Waals surface area contributed by atoms with Crippen molar-refractivity contribution in [3.63, 3.8) is 0 Å². The monoisotopic (exact) mass is 279 g/mol. The van der Waals surface area contributed by atoms with Crippen LogP contribution in [-0.2, 0) is 0 Å². The van der Waals surface area contributed by atoms with Gasteiger partial charge in [0.1, 0.15) is 5.82 Å². The van der Waals surface area contributed by atoms with Crippen LogP contribution < -0.4 is 0 Å². The number of benzene rings is 2. The molecule has 2 aromatic rings. The number of halogens is 1. The van der Waals surface area contributed by atoms with E-state index in [0.29, 0.717) is 5.56 Å². The van der Waals surface area contributed by atoms with Crippen molar-refractivity contribution in [2.45, 2.75) is 18.8 Å². The van der Waals surface area contributed by atoms with Crippen molar-refractivity contribution in [2.24, 2.45) is 5.92 Å². The van der Waals surface area contributed by atoms with Gasteiger partial charge < -0.3 is 0 Å². The molecule has 1 saturated carbocycles. The van der Waals surface area contributed by atoms with Gasteiger partial charge in [0.25, 0.3) is 0 Å². The Bertz CT molecular complexity index is 693. The van der Waals surface area contributed by atoms with Crippen molar-refractivity contribution >= 4 is 5.78 Å². The van der Waals surface area contributed by atoms with Crippen molar-refractivity contribution in [3.8, 4) is 6.07 Å². The molecule has 1 fully saturated rings. The lowest BCUT2D eigenvalue weighted by atomic mass is 9.91. The topological polar surface area (TPSA) is 40.9 Å². The molecule has 0 N–H and O–H groups in total. The van der Waals surface area contributed by atoms with E-state index in [0.717, 1.165) is 24.0 Å². The molecule has 1 atom stereocenters. The number of hydrogen-bond acceptors (Lipinski definition) is 2. The van der Waals surface area contributed by atoms with Crippen LogP contribution in [0.4, 0.5) is 4.39 Å². The normalized spacial score (nSPS) is 15.2. The Labute approximate surface area is 122 Å². The van der Waals surface area contributed by atoms with Crippen molar-refractivity contribution in [2.75, 3.05) is 0 Å². The van der Waals surface area contributed by atoms with E-state index in [1.54, 1.807) is 24.3 Å². The van der Waals surface area contributed by atoms with E-state index in [2.05, 4.69) is 6.07 Å². The predicted octanol–water partition coefficient (Wildman–Crippen LogP) is 4.07. The van der Waals surface area contributed by atoms with Crippen molar-refractivity contribution in [3.05, 3.63) is 71.0 Å². The van der Waals surface area contributed by atoms with Crippen molar-refractivity contribution in [1.29, 1.82) is 5.26 Å². The Balaban J connectivity index is 1.85. The summed E-state index contributed by atoms with van der Waals surface area (Å²) in [6.45, 7) is 0. The van der Waals surface area contributed by atoms with Crippen LogP contribution in [0.1, 0.15) is 40.2 Å². The third kappa shape index (κ3) is 2.85. The summed E-state index contributed by atoms with van der Waals surface area (Å²) in [6, 6.07) is 15.4.